The molecule has 0 nitrogen and oxygen atoms in total. The Balaban J connectivity index is 2.00. The van der Waals surface area contributed by atoms with Gasteiger partial charge in [0.1, 0.15) is 0 Å². The third-order valence-corrected chi connectivity index (χ3v) is 53.8. The molecule has 0 aliphatic heterocycles. The Labute approximate surface area is 182 Å². The van der Waals surface area contributed by atoms with E-state index < -0.39 is 14.4 Å². The number of fused-ring (bicyclic) bond motifs is 2. The van der Waals surface area contributed by atoms with Gasteiger partial charge in [-0.15, -0.1) is 0 Å². The van der Waals surface area contributed by atoms with Crippen molar-refractivity contribution in [2.24, 2.45) is 11.8 Å². The van der Waals surface area contributed by atoms with Gasteiger partial charge < -0.3 is 0 Å². The molecule has 0 heterocycles. The summed E-state index contributed by atoms with van der Waals surface area (Å²) in [6, 6.07) is 0. The molecule has 0 aromatic carbocycles. The topological polar surface area (TPSA) is 0 Å². The molecule has 0 aromatic heterocycles. The SMILES string of the molecule is CCC[CH2][Zr]([CH3])([CH3])(=[SiH2])([CH2]CCC)([CH]1CCC2CC=CC=C21)[CH]1CCC2CC=CC=C21. The molecule has 2 heteroatoms. The molecule has 168 valence electrons. The van der Waals surface area contributed by atoms with E-state index >= 15 is 0 Å². The maximum atomic E-state index is 3.04. The molecule has 2 fully saturated rings. The van der Waals surface area contributed by atoms with Gasteiger partial charge in [-0.05, 0) is 0 Å². The number of rotatable bonds is 8. The normalized spacial score (nSPS) is 34.2. The van der Waals surface area contributed by atoms with Crippen molar-refractivity contribution < 1.29 is 14.4 Å². The van der Waals surface area contributed by atoms with Gasteiger partial charge in [-0.2, -0.15) is 0 Å². The number of hydrogen-bond acceptors (Lipinski definition) is 0. The Bertz CT molecular complexity index is 875. The zero-order chi connectivity index (χ0) is 21.6. The molecule has 4 atom stereocenters. The fourth-order valence-electron chi connectivity index (χ4n) is 9.78. The van der Waals surface area contributed by atoms with E-state index in [1.54, 1.807) is 8.26 Å². The predicted molar refractivity (Wildman–Crippen MR) is 136 cm³/mol. The summed E-state index contributed by atoms with van der Waals surface area (Å²) in [5, 5.41) is 0. The number of allylic oxidation sites excluding steroid dienone is 8. The van der Waals surface area contributed by atoms with Crippen molar-refractivity contribution in [1.82, 2.24) is 0 Å². The van der Waals surface area contributed by atoms with Crippen molar-refractivity contribution in [2.75, 3.05) is 0 Å². The Morgan fingerprint density at radius 2 is 1.20 bits per heavy atom. The molecule has 0 saturated heterocycles. The molecule has 30 heavy (non-hydrogen) atoms. The zero-order valence-corrected chi connectivity index (χ0v) is 24.3. The molecular formula is C28H48SiZr. The monoisotopic (exact) mass is 502 g/mol. The van der Waals surface area contributed by atoms with Crippen LogP contribution in [0.2, 0.25) is 24.8 Å². The first-order valence-corrected chi connectivity index (χ1v) is 30.5. The first-order chi connectivity index (χ1) is 14.1. The van der Waals surface area contributed by atoms with E-state index in [1.807, 2.05) is 11.1 Å². The van der Waals surface area contributed by atoms with Gasteiger partial charge >= 0.3 is 184 Å². The average molecular weight is 504 g/mol. The molecular weight excluding hydrogens is 456 g/mol. The van der Waals surface area contributed by atoms with Crippen LogP contribution in [0, 0.1) is 11.8 Å². The van der Waals surface area contributed by atoms with Crippen LogP contribution < -0.4 is 0 Å². The third kappa shape index (κ3) is 3.21. The van der Waals surface area contributed by atoms with Crippen LogP contribution in [0.1, 0.15) is 78.1 Å². The Hall–Kier alpha value is 0.0600. The quantitative estimate of drug-likeness (QED) is 0.290. The van der Waals surface area contributed by atoms with E-state index in [0.29, 0.717) is 0 Å². The third-order valence-electron chi connectivity index (χ3n) is 11.7. The maximum absolute atomic E-state index is 4.28. The van der Waals surface area contributed by atoms with Crippen molar-refractivity contribution in [1.29, 1.82) is 0 Å². The zero-order valence-electron chi connectivity index (χ0n) is 20.5. The Morgan fingerprint density at radius 3 is 1.60 bits per heavy atom. The van der Waals surface area contributed by atoms with Gasteiger partial charge in [-0.1, -0.05) is 0 Å². The van der Waals surface area contributed by atoms with Crippen LogP contribution in [-0.4, -0.2) is 6.88 Å². The molecule has 4 unspecified atom stereocenters. The minimum absolute atomic E-state index is 0.849. The summed E-state index contributed by atoms with van der Waals surface area (Å²) in [5.41, 5.74) is 3.81. The van der Waals surface area contributed by atoms with Crippen LogP contribution in [-0.2, 0) is 14.4 Å². The molecule has 0 N–H and O–H groups in total. The van der Waals surface area contributed by atoms with Gasteiger partial charge in [0, 0.05) is 0 Å². The molecule has 0 spiro atoms. The van der Waals surface area contributed by atoms with Crippen molar-refractivity contribution in [3.05, 3.63) is 47.6 Å². The molecule has 4 rings (SSSR count). The van der Waals surface area contributed by atoms with Crippen molar-refractivity contribution in [3.63, 3.8) is 0 Å². The van der Waals surface area contributed by atoms with Crippen LogP contribution in [0.5, 0.6) is 0 Å². The first-order valence-electron chi connectivity index (χ1n) is 13.4. The van der Waals surface area contributed by atoms with E-state index in [0.717, 1.165) is 19.1 Å². The first kappa shape index (κ1) is 23.2. The van der Waals surface area contributed by atoms with Crippen molar-refractivity contribution in [3.8, 4) is 0 Å². The van der Waals surface area contributed by atoms with E-state index in [2.05, 4.69) is 66.4 Å². The second kappa shape index (κ2) is 7.03. The number of hydrogen-bond donors (Lipinski definition) is 0. The van der Waals surface area contributed by atoms with Crippen LogP contribution in [0.3, 0.4) is 0 Å². The summed E-state index contributed by atoms with van der Waals surface area (Å²) in [4.78, 5) is 0. The Kier molecular flexibility index (Phi) is 5.44. The second-order valence-electron chi connectivity index (χ2n) is 14.4. The summed E-state index contributed by atoms with van der Waals surface area (Å²) in [6.45, 7) is 7.59. The van der Waals surface area contributed by atoms with Crippen molar-refractivity contribution >= 4 is 6.88 Å². The molecule has 4 aliphatic carbocycles. The summed E-state index contributed by atoms with van der Waals surface area (Å²) >= 11 is -4.28. The van der Waals surface area contributed by atoms with E-state index in [-0.39, 0.29) is 0 Å². The summed E-state index contributed by atoms with van der Waals surface area (Å²) in [6.07, 6.45) is 29.0. The molecule has 4 aliphatic rings. The van der Waals surface area contributed by atoms with Gasteiger partial charge in [0.15, 0.2) is 0 Å². The molecule has 0 aromatic rings. The Morgan fingerprint density at radius 1 is 0.767 bits per heavy atom. The van der Waals surface area contributed by atoms with E-state index in [4.69, 9.17) is 0 Å². The van der Waals surface area contributed by atoms with Gasteiger partial charge in [0.25, 0.3) is 0 Å². The summed E-state index contributed by atoms with van der Waals surface area (Å²) in [7, 11) is 0. The fraction of sp³-hybridized carbons (Fsp3) is 0.714. The minimum atomic E-state index is -4.28. The van der Waals surface area contributed by atoms with E-state index in [9.17, 15) is 0 Å². The molecule has 0 amide bonds. The van der Waals surface area contributed by atoms with Crippen LogP contribution in [0.15, 0.2) is 47.6 Å². The fourth-order valence-corrected chi connectivity index (χ4v) is 49.7. The van der Waals surface area contributed by atoms with Crippen LogP contribution >= 0.6 is 0 Å². The average Bonchev–Trinajstić information content (AvgIpc) is 3.38. The number of unbranched alkanes of at least 4 members (excludes halogenated alkanes) is 2. The standard InChI is InChI=1S/2C9H11.2C4H9.2CH3.H2Si.Zr/c2*1-2-5-9-7-3-6-8(9)4-1;2*1-3-4-2;;;;/h2*1-2,4,6,9H,3,5,7H2;2*1,3-4H2,2H3;2*1H3;1H2;. The van der Waals surface area contributed by atoms with Gasteiger partial charge in [-0.25, -0.2) is 0 Å². The summed E-state index contributed by atoms with van der Waals surface area (Å²) in [5.74, 6) is 1.70. The van der Waals surface area contributed by atoms with E-state index in [1.165, 1.54) is 64.2 Å². The van der Waals surface area contributed by atoms with Gasteiger partial charge in [0.2, 0.25) is 0 Å². The summed E-state index contributed by atoms with van der Waals surface area (Å²) < 4.78 is 11.0. The molecule has 0 bridgehead atoms. The molecule has 2 saturated carbocycles. The van der Waals surface area contributed by atoms with Gasteiger partial charge in [0.05, 0.1) is 0 Å². The predicted octanol–water partition coefficient (Wildman–Crippen LogP) is 9.00. The van der Waals surface area contributed by atoms with Crippen LogP contribution in [0.4, 0.5) is 0 Å². The molecule has 0 radical (unpaired) electrons. The second-order valence-corrected chi connectivity index (χ2v) is 68.5. The van der Waals surface area contributed by atoms with Crippen molar-refractivity contribution in [2.45, 2.75) is 103 Å². The van der Waals surface area contributed by atoms with Gasteiger partial charge in [-0.3, -0.25) is 0 Å². The van der Waals surface area contributed by atoms with Crippen LogP contribution in [0.25, 0.3) is 0 Å².